The van der Waals surface area contributed by atoms with Gasteiger partial charge in [-0.25, -0.2) is 4.79 Å². The number of aliphatic carboxylic acids is 1. The van der Waals surface area contributed by atoms with Gasteiger partial charge in [0.15, 0.2) is 0 Å². The summed E-state index contributed by atoms with van der Waals surface area (Å²) >= 11 is 0. The summed E-state index contributed by atoms with van der Waals surface area (Å²) in [5.74, 6) is -0.612. The van der Waals surface area contributed by atoms with Crippen molar-refractivity contribution in [1.82, 2.24) is 10.2 Å². The number of aryl methyl sites for hydroxylation is 1. The topological polar surface area (TPSA) is 89.9 Å². The van der Waals surface area contributed by atoms with Gasteiger partial charge in [-0.1, -0.05) is 12.1 Å². The Morgan fingerprint density at radius 2 is 2.00 bits per heavy atom. The van der Waals surface area contributed by atoms with Crippen LogP contribution in [0, 0.1) is 5.41 Å². The zero-order valence-corrected chi connectivity index (χ0v) is 13.6. The molecule has 23 heavy (non-hydrogen) atoms. The fraction of sp³-hybridized carbons (Fsp3) is 0.529. The van der Waals surface area contributed by atoms with Crippen LogP contribution in [-0.4, -0.2) is 46.2 Å². The van der Waals surface area contributed by atoms with E-state index in [2.05, 4.69) is 5.32 Å². The number of hydrogen-bond acceptors (Lipinski definition) is 3. The first-order valence-corrected chi connectivity index (χ1v) is 7.87. The molecule has 1 aromatic rings. The number of amides is 2. The highest BCUT2D eigenvalue weighted by atomic mass is 16.4. The van der Waals surface area contributed by atoms with E-state index in [-0.39, 0.29) is 24.4 Å². The van der Waals surface area contributed by atoms with Gasteiger partial charge in [0.25, 0.3) is 0 Å². The van der Waals surface area contributed by atoms with Crippen molar-refractivity contribution in [3.8, 4) is 5.75 Å². The molecule has 6 heteroatoms. The number of phenols is 1. The summed E-state index contributed by atoms with van der Waals surface area (Å²) in [6.07, 6.45) is 2.06. The zero-order valence-electron chi connectivity index (χ0n) is 13.6. The first kappa shape index (κ1) is 17.1. The van der Waals surface area contributed by atoms with Gasteiger partial charge in [0.1, 0.15) is 5.75 Å². The average molecular weight is 320 g/mol. The predicted octanol–water partition coefficient (Wildman–Crippen LogP) is 2.22. The van der Waals surface area contributed by atoms with Crippen molar-refractivity contribution >= 4 is 12.0 Å². The molecule has 0 spiro atoms. The van der Waals surface area contributed by atoms with Gasteiger partial charge in [0.2, 0.25) is 0 Å². The fourth-order valence-electron chi connectivity index (χ4n) is 2.73. The first-order valence-electron chi connectivity index (χ1n) is 7.87. The maximum absolute atomic E-state index is 12.2. The molecule has 6 nitrogen and oxygen atoms in total. The highest BCUT2D eigenvalue weighted by Gasteiger charge is 2.42. The molecule has 1 aliphatic rings. The fourth-order valence-corrected chi connectivity index (χ4v) is 2.73. The maximum atomic E-state index is 12.2. The molecular weight excluding hydrogens is 296 g/mol. The third kappa shape index (κ3) is 4.37. The monoisotopic (exact) mass is 320 g/mol. The molecule has 2 unspecified atom stereocenters. The molecule has 0 aliphatic carbocycles. The molecule has 2 atom stereocenters. The van der Waals surface area contributed by atoms with Gasteiger partial charge in [0, 0.05) is 19.1 Å². The number of carboxylic acid groups (broad SMARTS) is 1. The molecule has 0 aromatic heterocycles. The number of nitrogens with zero attached hydrogens (tertiary/aromatic N) is 1. The lowest BCUT2D eigenvalue weighted by atomic mass is 9.90. The first-order chi connectivity index (χ1) is 10.8. The van der Waals surface area contributed by atoms with Gasteiger partial charge < -0.3 is 20.4 Å². The summed E-state index contributed by atoms with van der Waals surface area (Å²) in [5, 5.41) is 21.4. The van der Waals surface area contributed by atoms with Crippen LogP contribution >= 0.6 is 0 Å². The lowest BCUT2D eigenvalue weighted by molar-refractivity contribution is -0.147. The zero-order chi connectivity index (χ0) is 17.0. The number of likely N-dealkylation sites (tertiary alicyclic amines) is 1. The number of carbonyl (C=O) groups is 2. The minimum atomic E-state index is -0.854. The number of urea groups is 1. The lowest BCUT2D eigenvalue weighted by Crippen LogP contribution is -2.44. The second-order valence-corrected chi connectivity index (χ2v) is 6.59. The Labute approximate surface area is 136 Å². The molecule has 0 bridgehead atoms. The number of carboxylic acids is 1. The summed E-state index contributed by atoms with van der Waals surface area (Å²) in [7, 11) is 0. The van der Waals surface area contributed by atoms with Crippen molar-refractivity contribution in [3.05, 3.63) is 29.8 Å². The van der Waals surface area contributed by atoms with E-state index >= 15 is 0 Å². The second kappa shape index (κ2) is 6.89. The average Bonchev–Trinajstić information content (AvgIpc) is 2.91. The molecule has 1 aromatic carbocycles. The van der Waals surface area contributed by atoms with E-state index in [0.29, 0.717) is 13.0 Å². The molecule has 2 rings (SSSR count). The van der Waals surface area contributed by atoms with E-state index < -0.39 is 11.4 Å². The van der Waals surface area contributed by atoms with E-state index in [1.54, 1.807) is 24.0 Å². The Bertz CT molecular complexity index is 572. The SMILES string of the molecule is CC(CCc1ccc(O)cc1)NC(=O)N1CCC(C)(C(=O)O)C1. The van der Waals surface area contributed by atoms with Crippen molar-refractivity contribution in [2.45, 2.75) is 39.2 Å². The maximum Gasteiger partial charge on any atom is 0.317 e. The van der Waals surface area contributed by atoms with Crippen LogP contribution < -0.4 is 5.32 Å². The number of nitrogens with one attached hydrogen (secondary N) is 1. The quantitative estimate of drug-likeness (QED) is 0.776. The summed E-state index contributed by atoms with van der Waals surface area (Å²) < 4.78 is 0. The molecule has 3 N–H and O–H groups in total. The van der Waals surface area contributed by atoms with Gasteiger partial charge in [0.05, 0.1) is 5.41 Å². The largest absolute Gasteiger partial charge is 0.508 e. The Balaban J connectivity index is 1.79. The smallest absolute Gasteiger partial charge is 0.317 e. The van der Waals surface area contributed by atoms with Crippen LogP contribution in [0.5, 0.6) is 5.75 Å². The molecule has 0 saturated carbocycles. The van der Waals surface area contributed by atoms with Gasteiger partial charge in [-0.05, 0) is 50.8 Å². The molecule has 1 fully saturated rings. The van der Waals surface area contributed by atoms with Gasteiger partial charge in [-0.15, -0.1) is 0 Å². The van der Waals surface area contributed by atoms with Crippen LogP contribution in [0.3, 0.4) is 0 Å². The Morgan fingerprint density at radius 1 is 1.35 bits per heavy atom. The van der Waals surface area contributed by atoms with Crippen LogP contribution in [0.15, 0.2) is 24.3 Å². The van der Waals surface area contributed by atoms with E-state index in [0.717, 1.165) is 18.4 Å². The van der Waals surface area contributed by atoms with Crippen LogP contribution in [0.1, 0.15) is 32.3 Å². The summed E-state index contributed by atoms with van der Waals surface area (Å²) in [5.41, 5.74) is 0.260. The lowest BCUT2D eigenvalue weighted by Gasteiger charge is -2.23. The molecule has 1 saturated heterocycles. The molecule has 1 aliphatic heterocycles. The number of carbonyl (C=O) groups excluding carboxylic acids is 1. The third-order valence-corrected chi connectivity index (χ3v) is 4.45. The molecular formula is C17H24N2O4. The highest BCUT2D eigenvalue weighted by Crippen LogP contribution is 2.30. The van der Waals surface area contributed by atoms with Crippen molar-refractivity contribution in [2.75, 3.05) is 13.1 Å². The van der Waals surface area contributed by atoms with Gasteiger partial charge in [-0.2, -0.15) is 0 Å². The molecule has 1 heterocycles. The minimum absolute atomic E-state index is 0.00649. The molecule has 126 valence electrons. The Morgan fingerprint density at radius 3 is 2.57 bits per heavy atom. The van der Waals surface area contributed by atoms with Crippen molar-refractivity contribution in [2.24, 2.45) is 5.41 Å². The molecule has 2 amide bonds. The Kier molecular flexibility index (Phi) is 5.13. The van der Waals surface area contributed by atoms with Crippen molar-refractivity contribution < 1.29 is 19.8 Å². The van der Waals surface area contributed by atoms with E-state index in [4.69, 9.17) is 0 Å². The van der Waals surface area contributed by atoms with Gasteiger partial charge >= 0.3 is 12.0 Å². The van der Waals surface area contributed by atoms with E-state index in [9.17, 15) is 19.8 Å². The van der Waals surface area contributed by atoms with E-state index in [1.165, 1.54) is 0 Å². The second-order valence-electron chi connectivity index (χ2n) is 6.59. The predicted molar refractivity (Wildman–Crippen MR) is 86.4 cm³/mol. The number of hydrogen-bond donors (Lipinski definition) is 3. The standard InChI is InChI=1S/C17H24N2O4/c1-12(3-4-13-5-7-14(20)8-6-13)18-16(23)19-10-9-17(2,11-19)15(21)22/h5-8,12,20H,3-4,9-11H2,1-2H3,(H,18,23)(H,21,22). The Hall–Kier alpha value is -2.24. The molecule has 0 radical (unpaired) electrons. The van der Waals surface area contributed by atoms with Crippen molar-refractivity contribution in [1.29, 1.82) is 0 Å². The number of benzene rings is 1. The summed E-state index contributed by atoms with van der Waals surface area (Å²) in [6, 6.07) is 6.82. The normalized spacial score (nSPS) is 21.9. The van der Waals surface area contributed by atoms with Gasteiger partial charge in [-0.3, -0.25) is 4.79 Å². The van der Waals surface area contributed by atoms with Crippen LogP contribution in [0.2, 0.25) is 0 Å². The van der Waals surface area contributed by atoms with Crippen LogP contribution in [0.25, 0.3) is 0 Å². The minimum Gasteiger partial charge on any atom is -0.508 e. The summed E-state index contributed by atoms with van der Waals surface area (Å²) in [6.45, 7) is 4.33. The number of phenolic OH excluding ortho intramolecular Hbond substituents is 1. The van der Waals surface area contributed by atoms with Crippen LogP contribution in [0.4, 0.5) is 4.79 Å². The summed E-state index contributed by atoms with van der Waals surface area (Å²) in [4.78, 5) is 25.0. The number of aromatic hydroxyl groups is 1. The van der Waals surface area contributed by atoms with Crippen LogP contribution in [-0.2, 0) is 11.2 Å². The third-order valence-electron chi connectivity index (χ3n) is 4.45. The number of rotatable bonds is 5. The van der Waals surface area contributed by atoms with Crippen molar-refractivity contribution in [3.63, 3.8) is 0 Å². The van der Waals surface area contributed by atoms with E-state index in [1.807, 2.05) is 19.1 Å². The highest BCUT2D eigenvalue weighted by molar-refractivity contribution is 5.79.